The molecule has 0 saturated heterocycles. The number of carbonyl (C=O) groups is 1. The van der Waals surface area contributed by atoms with Crippen LogP contribution in [0.3, 0.4) is 0 Å². The molecule has 18 heavy (non-hydrogen) atoms. The van der Waals surface area contributed by atoms with Crippen LogP contribution >= 0.6 is 0 Å². The standard InChI is InChI=1S/C15H24N2O/c1-5-11(3)10-17-15(18)14-8-7-13(16-6-2)9-12(14)4/h7-9,11,16H,5-6,10H2,1-4H3,(H,17,18). The number of hydrogen-bond donors (Lipinski definition) is 2. The minimum absolute atomic E-state index is 0.0239. The van der Waals surface area contributed by atoms with Crippen molar-refractivity contribution < 1.29 is 4.79 Å². The molecule has 100 valence electrons. The van der Waals surface area contributed by atoms with Crippen molar-refractivity contribution in [3.05, 3.63) is 29.3 Å². The lowest BCUT2D eigenvalue weighted by atomic mass is 10.1. The molecule has 3 nitrogen and oxygen atoms in total. The lowest BCUT2D eigenvalue weighted by Crippen LogP contribution is -2.28. The molecule has 3 heteroatoms. The fourth-order valence-electron chi connectivity index (χ4n) is 1.74. The van der Waals surface area contributed by atoms with Crippen molar-refractivity contribution in [3.63, 3.8) is 0 Å². The molecule has 0 aliphatic carbocycles. The van der Waals surface area contributed by atoms with Crippen LogP contribution in [0.4, 0.5) is 5.69 Å². The summed E-state index contributed by atoms with van der Waals surface area (Å²) in [5, 5.41) is 6.22. The summed E-state index contributed by atoms with van der Waals surface area (Å²) >= 11 is 0. The van der Waals surface area contributed by atoms with Crippen molar-refractivity contribution in [2.24, 2.45) is 5.92 Å². The van der Waals surface area contributed by atoms with Gasteiger partial charge >= 0.3 is 0 Å². The van der Waals surface area contributed by atoms with E-state index in [-0.39, 0.29) is 5.91 Å². The molecule has 0 heterocycles. The van der Waals surface area contributed by atoms with Crippen molar-refractivity contribution in [1.29, 1.82) is 0 Å². The van der Waals surface area contributed by atoms with E-state index in [2.05, 4.69) is 31.4 Å². The predicted octanol–water partition coefficient (Wildman–Crippen LogP) is 3.20. The van der Waals surface area contributed by atoms with Crippen molar-refractivity contribution in [3.8, 4) is 0 Å². The number of anilines is 1. The molecule has 1 amide bonds. The molecule has 0 bridgehead atoms. The molecule has 1 aromatic carbocycles. The van der Waals surface area contributed by atoms with Crippen LogP contribution in [-0.2, 0) is 0 Å². The summed E-state index contributed by atoms with van der Waals surface area (Å²) in [6.07, 6.45) is 1.08. The summed E-state index contributed by atoms with van der Waals surface area (Å²) in [6.45, 7) is 9.93. The smallest absolute Gasteiger partial charge is 0.251 e. The normalized spacial score (nSPS) is 12.0. The maximum absolute atomic E-state index is 12.0. The van der Waals surface area contributed by atoms with E-state index in [9.17, 15) is 4.79 Å². The van der Waals surface area contributed by atoms with Gasteiger partial charge in [0.05, 0.1) is 0 Å². The largest absolute Gasteiger partial charge is 0.385 e. The zero-order valence-electron chi connectivity index (χ0n) is 11.8. The number of amides is 1. The Bertz CT molecular complexity index is 401. The summed E-state index contributed by atoms with van der Waals surface area (Å²) in [5.74, 6) is 0.547. The summed E-state index contributed by atoms with van der Waals surface area (Å²) in [4.78, 5) is 12.0. The zero-order chi connectivity index (χ0) is 13.5. The first-order valence-electron chi connectivity index (χ1n) is 6.71. The van der Waals surface area contributed by atoms with Crippen LogP contribution in [0.25, 0.3) is 0 Å². The number of hydrogen-bond acceptors (Lipinski definition) is 2. The van der Waals surface area contributed by atoms with E-state index in [1.54, 1.807) is 0 Å². The molecule has 1 atom stereocenters. The maximum atomic E-state index is 12.0. The first-order valence-corrected chi connectivity index (χ1v) is 6.71. The van der Waals surface area contributed by atoms with Crippen LogP contribution in [0, 0.1) is 12.8 Å². The second-order valence-electron chi connectivity index (χ2n) is 4.78. The minimum atomic E-state index is 0.0239. The molecule has 1 aromatic rings. The fourth-order valence-corrected chi connectivity index (χ4v) is 1.74. The Labute approximate surface area is 110 Å². The van der Waals surface area contributed by atoms with Crippen molar-refractivity contribution in [2.75, 3.05) is 18.4 Å². The first-order chi connectivity index (χ1) is 8.58. The van der Waals surface area contributed by atoms with E-state index in [0.29, 0.717) is 5.92 Å². The number of benzene rings is 1. The van der Waals surface area contributed by atoms with Crippen LogP contribution in [0.15, 0.2) is 18.2 Å². The molecule has 0 aliphatic heterocycles. The van der Waals surface area contributed by atoms with Gasteiger partial charge in [-0.05, 0) is 43.5 Å². The molecule has 0 spiro atoms. The maximum Gasteiger partial charge on any atom is 0.251 e. The average molecular weight is 248 g/mol. The van der Waals surface area contributed by atoms with Gasteiger partial charge in [-0.1, -0.05) is 20.3 Å². The molecular formula is C15H24N2O. The number of carbonyl (C=O) groups excluding carboxylic acids is 1. The molecule has 1 unspecified atom stereocenters. The van der Waals surface area contributed by atoms with Crippen LogP contribution in [0.1, 0.15) is 43.1 Å². The molecule has 1 rings (SSSR count). The van der Waals surface area contributed by atoms with Gasteiger partial charge in [-0.3, -0.25) is 4.79 Å². The average Bonchev–Trinajstić information content (AvgIpc) is 2.36. The quantitative estimate of drug-likeness (QED) is 0.811. The molecule has 0 aromatic heterocycles. The molecule has 0 radical (unpaired) electrons. The zero-order valence-corrected chi connectivity index (χ0v) is 11.8. The van der Waals surface area contributed by atoms with E-state index >= 15 is 0 Å². The van der Waals surface area contributed by atoms with Gasteiger partial charge in [-0.2, -0.15) is 0 Å². The Hall–Kier alpha value is -1.51. The van der Waals surface area contributed by atoms with Gasteiger partial charge < -0.3 is 10.6 Å². The monoisotopic (exact) mass is 248 g/mol. The molecule has 2 N–H and O–H groups in total. The summed E-state index contributed by atoms with van der Waals surface area (Å²) in [7, 11) is 0. The lowest BCUT2D eigenvalue weighted by molar-refractivity contribution is 0.0947. The van der Waals surface area contributed by atoms with Crippen molar-refractivity contribution in [2.45, 2.75) is 34.1 Å². The van der Waals surface area contributed by atoms with Gasteiger partial charge in [0, 0.05) is 24.3 Å². The molecule has 0 saturated carbocycles. The van der Waals surface area contributed by atoms with E-state index < -0.39 is 0 Å². The van der Waals surface area contributed by atoms with Crippen molar-refractivity contribution >= 4 is 11.6 Å². The third kappa shape index (κ3) is 4.06. The topological polar surface area (TPSA) is 41.1 Å². The minimum Gasteiger partial charge on any atom is -0.385 e. The van der Waals surface area contributed by atoms with E-state index in [1.807, 2.05) is 25.1 Å². The molecular weight excluding hydrogens is 224 g/mol. The van der Waals surface area contributed by atoms with Gasteiger partial charge in [0.25, 0.3) is 5.91 Å². The number of rotatable bonds is 6. The van der Waals surface area contributed by atoms with E-state index in [4.69, 9.17) is 0 Å². The number of nitrogens with one attached hydrogen (secondary N) is 2. The van der Waals surface area contributed by atoms with Crippen molar-refractivity contribution in [1.82, 2.24) is 5.32 Å². The van der Waals surface area contributed by atoms with Crippen LogP contribution in [0.5, 0.6) is 0 Å². The lowest BCUT2D eigenvalue weighted by Gasteiger charge is -2.12. The summed E-state index contributed by atoms with van der Waals surface area (Å²) in [6, 6.07) is 5.86. The third-order valence-corrected chi connectivity index (χ3v) is 3.16. The fraction of sp³-hybridized carbons (Fsp3) is 0.533. The summed E-state index contributed by atoms with van der Waals surface area (Å²) in [5.41, 5.74) is 2.84. The molecule has 0 fully saturated rings. The predicted molar refractivity (Wildman–Crippen MR) is 77.1 cm³/mol. The Balaban J connectivity index is 2.68. The summed E-state index contributed by atoms with van der Waals surface area (Å²) < 4.78 is 0. The second-order valence-corrected chi connectivity index (χ2v) is 4.78. The molecule has 0 aliphatic rings. The van der Waals surface area contributed by atoms with Crippen LogP contribution in [-0.4, -0.2) is 19.0 Å². The van der Waals surface area contributed by atoms with E-state index in [1.165, 1.54) is 0 Å². The number of aryl methyl sites for hydroxylation is 1. The van der Waals surface area contributed by atoms with Crippen LogP contribution < -0.4 is 10.6 Å². The van der Waals surface area contributed by atoms with Gasteiger partial charge in [0.2, 0.25) is 0 Å². The van der Waals surface area contributed by atoms with E-state index in [0.717, 1.165) is 36.3 Å². The second kappa shape index (κ2) is 7.04. The first kappa shape index (κ1) is 14.6. The van der Waals surface area contributed by atoms with Crippen LogP contribution in [0.2, 0.25) is 0 Å². The highest BCUT2D eigenvalue weighted by molar-refractivity contribution is 5.96. The van der Waals surface area contributed by atoms with Gasteiger partial charge in [0.15, 0.2) is 0 Å². The highest BCUT2D eigenvalue weighted by Crippen LogP contribution is 2.15. The highest BCUT2D eigenvalue weighted by Gasteiger charge is 2.10. The highest BCUT2D eigenvalue weighted by atomic mass is 16.1. The third-order valence-electron chi connectivity index (χ3n) is 3.16. The van der Waals surface area contributed by atoms with Gasteiger partial charge in [-0.15, -0.1) is 0 Å². The Morgan fingerprint density at radius 3 is 2.61 bits per heavy atom. The Morgan fingerprint density at radius 1 is 1.33 bits per heavy atom. The Kier molecular flexibility index (Phi) is 5.69. The van der Waals surface area contributed by atoms with Gasteiger partial charge in [0.1, 0.15) is 0 Å². The van der Waals surface area contributed by atoms with Gasteiger partial charge in [-0.25, -0.2) is 0 Å². The SMILES string of the molecule is CCNc1ccc(C(=O)NCC(C)CC)c(C)c1. The Morgan fingerprint density at radius 2 is 2.06 bits per heavy atom.